The summed E-state index contributed by atoms with van der Waals surface area (Å²) in [5, 5.41) is 3.01. The van der Waals surface area contributed by atoms with Gasteiger partial charge in [-0.1, -0.05) is 33.6 Å². The van der Waals surface area contributed by atoms with Crippen molar-refractivity contribution in [2.45, 2.75) is 19.8 Å². The number of nitrogens with one attached hydrogen (secondary N) is 1. The molecule has 2 aromatic carbocycles. The van der Waals surface area contributed by atoms with E-state index in [2.05, 4.69) is 36.1 Å². The van der Waals surface area contributed by atoms with E-state index < -0.39 is 0 Å². The predicted molar refractivity (Wildman–Crippen MR) is 121 cm³/mol. The van der Waals surface area contributed by atoms with Crippen LogP contribution in [0.25, 0.3) is 0 Å². The van der Waals surface area contributed by atoms with Gasteiger partial charge in [-0.25, -0.2) is 9.97 Å². The van der Waals surface area contributed by atoms with Crippen molar-refractivity contribution in [3.63, 3.8) is 0 Å². The van der Waals surface area contributed by atoms with Crippen molar-refractivity contribution >= 4 is 33.3 Å². The van der Waals surface area contributed by atoms with Crippen LogP contribution < -0.4 is 15.0 Å². The molecular weight excluding hydrogens is 444 g/mol. The van der Waals surface area contributed by atoms with Gasteiger partial charge in [0.25, 0.3) is 5.88 Å². The summed E-state index contributed by atoms with van der Waals surface area (Å²) >= 11 is 3.41. The van der Waals surface area contributed by atoms with Crippen molar-refractivity contribution < 1.29 is 9.53 Å². The van der Waals surface area contributed by atoms with Gasteiger partial charge in [-0.15, -0.1) is 0 Å². The first-order chi connectivity index (χ1) is 14.6. The van der Waals surface area contributed by atoms with Gasteiger partial charge < -0.3 is 15.0 Å². The van der Waals surface area contributed by atoms with Crippen LogP contribution in [-0.2, 0) is 4.79 Å². The molecule has 0 saturated carbocycles. The molecule has 7 heteroatoms. The zero-order chi connectivity index (χ0) is 20.9. The van der Waals surface area contributed by atoms with Crippen LogP contribution in [0.2, 0.25) is 0 Å². The van der Waals surface area contributed by atoms with Crippen LogP contribution in [0.4, 0.5) is 11.5 Å². The molecule has 1 amide bonds. The van der Waals surface area contributed by atoms with E-state index in [1.165, 1.54) is 5.56 Å². The van der Waals surface area contributed by atoms with Crippen LogP contribution in [-0.4, -0.2) is 29.0 Å². The third-order valence-corrected chi connectivity index (χ3v) is 5.69. The van der Waals surface area contributed by atoms with E-state index in [4.69, 9.17) is 4.74 Å². The number of hydrogen-bond acceptors (Lipinski definition) is 5. The summed E-state index contributed by atoms with van der Waals surface area (Å²) < 4.78 is 6.97. The summed E-state index contributed by atoms with van der Waals surface area (Å²) in [7, 11) is 0. The number of rotatable bonds is 5. The zero-order valence-corrected chi connectivity index (χ0v) is 18.3. The van der Waals surface area contributed by atoms with Gasteiger partial charge in [-0.05, 0) is 56.2 Å². The minimum Gasteiger partial charge on any atom is -0.436 e. The number of ether oxygens (including phenoxy) is 1. The highest BCUT2D eigenvalue weighted by molar-refractivity contribution is 9.10. The number of amides is 1. The van der Waals surface area contributed by atoms with Crippen LogP contribution in [0.3, 0.4) is 0 Å². The molecule has 4 rings (SSSR count). The second-order valence-corrected chi connectivity index (χ2v) is 8.27. The Labute approximate surface area is 184 Å². The average Bonchev–Trinajstić information content (AvgIpc) is 2.77. The Morgan fingerprint density at radius 1 is 1.03 bits per heavy atom. The lowest BCUT2D eigenvalue weighted by molar-refractivity contribution is -0.120. The topological polar surface area (TPSA) is 67.4 Å². The van der Waals surface area contributed by atoms with Gasteiger partial charge in [0.2, 0.25) is 5.91 Å². The predicted octanol–water partition coefficient (Wildman–Crippen LogP) is 5.19. The lowest BCUT2D eigenvalue weighted by Crippen LogP contribution is -2.38. The van der Waals surface area contributed by atoms with Crippen LogP contribution in [0, 0.1) is 12.8 Å². The van der Waals surface area contributed by atoms with Crippen LogP contribution >= 0.6 is 15.9 Å². The zero-order valence-electron chi connectivity index (χ0n) is 16.7. The summed E-state index contributed by atoms with van der Waals surface area (Å²) in [6, 6.07) is 15.5. The fourth-order valence-corrected chi connectivity index (χ4v) is 3.72. The van der Waals surface area contributed by atoms with Gasteiger partial charge in [0.15, 0.2) is 5.82 Å². The highest BCUT2D eigenvalue weighted by atomic mass is 79.9. The van der Waals surface area contributed by atoms with E-state index in [0.717, 1.165) is 41.8 Å². The fourth-order valence-electron chi connectivity index (χ4n) is 3.46. The second kappa shape index (κ2) is 9.26. The SMILES string of the molecule is Cc1ccc(Oc2nccnc2N2CCC(C(=O)Nc3ccc(Br)cc3)CC2)cc1. The van der Waals surface area contributed by atoms with Crippen molar-refractivity contribution in [3.05, 3.63) is 71.0 Å². The number of halogens is 1. The van der Waals surface area contributed by atoms with Gasteiger partial charge in [-0.3, -0.25) is 4.79 Å². The van der Waals surface area contributed by atoms with Gasteiger partial charge >= 0.3 is 0 Å². The first kappa shape index (κ1) is 20.3. The second-order valence-electron chi connectivity index (χ2n) is 7.36. The minimum atomic E-state index is -0.0250. The number of nitrogens with zero attached hydrogens (tertiary/aromatic N) is 3. The highest BCUT2D eigenvalue weighted by Crippen LogP contribution is 2.31. The molecule has 1 aliphatic heterocycles. The van der Waals surface area contributed by atoms with Crippen molar-refractivity contribution in [2.75, 3.05) is 23.3 Å². The maximum Gasteiger partial charge on any atom is 0.263 e. The maximum absolute atomic E-state index is 12.6. The summed E-state index contributed by atoms with van der Waals surface area (Å²) in [5.41, 5.74) is 1.98. The van der Waals surface area contributed by atoms with Gasteiger partial charge in [0.1, 0.15) is 5.75 Å². The highest BCUT2D eigenvalue weighted by Gasteiger charge is 2.27. The molecule has 1 aromatic heterocycles. The number of hydrogen-bond donors (Lipinski definition) is 1. The molecular formula is C23H23BrN4O2. The molecule has 0 atom stereocenters. The van der Waals surface area contributed by atoms with E-state index in [0.29, 0.717) is 11.7 Å². The molecule has 0 unspecified atom stereocenters. The van der Waals surface area contributed by atoms with Crippen LogP contribution in [0.15, 0.2) is 65.4 Å². The van der Waals surface area contributed by atoms with Crippen molar-refractivity contribution in [2.24, 2.45) is 5.92 Å². The molecule has 0 bridgehead atoms. The Hall–Kier alpha value is -2.93. The summed E-state index contributed by atoms with van der Waals surface area (Å²) in [6.45, 7) is 3.48. The van der Waals surface area contributed by atoms with E-state index in [9.17, 15) is 4.79 Å². The van der Waals surface area contributed by atoms with Gasteiger partial charge in [0.05, 0.1) is 0 Å². The standard InChI is InChI=1S/C23H23BrN4O2/c1-16-2-8-20(9-3-16)30-23-21(25-12-13-26-23)28-14-10-17(11-15-28)22(29)27-19-6-4-18(24)5-7-19/h2-9,12-13,17H,10-11,14-15H2,1H3,(H,27,29). The summed E-state index contributed by atoms with van der Waals surface area (Å²) in [5.74, 6) is 1.96. The van der Waals surface area contributed by atoms with Gasteiger partial charge in [-0.2, -0.15) is 0 Å². The lowest BCUT2D eigenvalue weighted by atomic mass is 9.96. The van der Waals surface area contributed by atoms with Crippen molar-refractivity contribution in [3.8, 4) is 11.6 Å². The molecule has 2 heterocycles. The number of aryl methyl sites for hydroxylation is 1. The Morgan fingerprint density at radius 3 is 2.40 bits per heavy atom. The molecule has 154 valence electrons. The molecule has 30 heavy (non-hydrogen) atoms. The third kappa shape index (κ3) is 4.97. The van der Waals surface area contributed by atoms with Crippen LogP contribution in [0.5, 0.6) is 11.6 Å². The molecule has 3 aromatic rings. The smallest absolute Gasteiger partial charge is 0.263 e. The van der Waals surface area contributed by atoms with Crippen molar-refractivity contribution in [1.29, 1.82) is 0 Å². The summed E-state index contributed by atoms with van der Waals surface area (Å²) in [4.78, 5) is 23.7. The Bertz CT molecular complexity index is 1000. The lowest BCUT2D eigenvalue weighted by Gasteiger charge is -2.32. The van der Waals surface area contributed by atoms with Crippen molar-refractivity contribution in [1.82, 2.24) is 9.97 Å². The number of carbonyl (C=O) groups excluding carboxylic acids is 1. The normalized spacial score (nSPS) is 14.4. The monoisotopic (exact) mass is 466 g/mol. The molecule has 0 aliphatic carbocycles. The van der Waals surface area contributed by atoms with E-state index in [1.807, 2.05) is 55.5 Å². The molecule has 1 N–H and O–H groups in total. The fraction of sp³-hybridized carbons (Fsp3) is 0.261. The van der Waals surface area contributed by atoms with Crippen LogP contribution in [0.1, 0.15) is 18.4 Å². The van der Waals surface area contributed by atoms with E-state index >= 15 is 0 Å². The van der Waals surface area contributed by atoms with E-state index in [-0.39, 0.29) is 11.8 Å². The first-order valence-corrected chi connectivity index (χ1v) is 10.7. The number of aromatic nitrogens is 2. The number of carbonyl (C=O) groups is 1. The number of benzene rings is 2. The molecule has 6 nitrogen and oxygen atoms in total. The third-order valence-electron chi connectivity index (χ3n) is 5.16. The first-order valence-electron chi connectivity index (χ1n) is 9.95. The summed E-state index contributed by atoms with van der Waals surface area (Å²) in [6.07, 6.45) is 4.81. The van der Waals surface area contributed by atoms with Gasteiger partial charge in [0, 0.05) is 41.6 Å². The number of piperidine rings is 1. The van der Waals surface area contributed by atoms with E-state index in [1.54, 1.807) is 12.4 Å². The minimum absolute atomic E-state index is 0.0250. The quantitative estimate of drug-likeness (QED) is 0.559. The molecule has 1 fully saturated rings. The molecule has 1 saturated heterocycles. The molecule has 1 aliphatic rings. The molecule has 0 radical (unpaired) electrons. The average molecular weight is 467 g/mol. The maximum atomic E-state index is 12.6. The number of anilines is 2. The largest absolute Gasteiger partial charge is 0.436 e. The Kier molecular flexibility index (Phi) is 6.28. The Balaban J connectivity index is 1.38. The molecule has 0 spiro atoms. The Morgan fingerprint density at radius 2 is 1.70 bits per heavy atom.